The van der Waals surface area contributed by atoms with Crippen molar-refractivity contribution in [2.24, 2.45) is 0 Å². The highest BCUT2D eigenvalue weighted by atomic mass is 16.1. The fourth-order valence-electron chi connectivity index (χ4n) is 1.39. The molecule has 0 saturated heterocycles. The van der Waals surface area contributed by atoms with Crippen molar-refractivity contribution in [2.75, 3.05) is 19.6 Å². The summed E-state index contributed by atoms with van der Waals surface area (Å²) >= 11 is 0. The van der Waals surface area contributed by atoms with E-state index >= 15 is 0 Å². The number of aromatic nitrogens is 1. The molecule has 3 nitrogen and oxygen atoms in total. The molecule has 0 aliphatic rings. The molecule has 0 saturated carbocycles. The lowest BCUT2D eigenvalue weighted by Gasteiger charge is -2.18. The Hall–Kier alpha value is -1.09. The van der Waals surface area contributed by atoms with Crippen LogP contribution >= 0.6 is 0 Å². The molecule has 0 bridgehead atoms. The molecule has 0 aromatic carbocycles. The third-order valence-electron chi connectivity index (χ3n) is 2.43. The van der Waals surface area contributed by atoms with E-state index in [-0.39, 0.29) is 5.43 Å². The SMILES string of the molecule is CCN(CC)CCn1ccc(=O)cc1. The van der Waals surface area contributed by atoms with Crippen LogP contribution in [-0.4, -0.2) is 29.1 Å². The van der Waals surface area contributed by atoms with E-state index in [1.54, 1.807) is 12.1 Å². The zero-order valence-electron chi connectivity index (χ0n) is 8.94. The van der Waals surface area contributed by atoms with Crippen molar-refractivity contribution >= 4 is 0 Å². The van der Waals surface area contributed by atoms with Crippen molar-refractivity contribution in [3.8, 4) is 0 Å². The first-order valence-corrected chi connectivity index (χ1v) is 5.14. The third-order valence-corrected chi connectivity index (χ3v) is 2.43. The monoisotopic (exact) mass is 194 g/mol. The molecular formula is C11H18N2O. The highest BCUT2D eigenvalue weighted by Crippen LogP contribution is 1.90. The molecule has 0 amide bonds. The standard InChI is InChI=1S/C11H18N2O/c1-3-12(4-2)9-10-13-7-5-11(14)6-8-13/h5-8H,3-4,9-10H2,1-2H3. The quantitative estimate of drug-likeness (QED) is 0.703. The maximum atomic E-state index is 10.8. The lowest BCUT2D eigenvalue weighted by Crippen LogP contribution is -2.27. The highest BCUT2D eigenvalue weighted by Gasteiger charge is 1.97. The number of nitrogens with zero attached hydrogens (tertiary/aromatic N) is 2. The van der Waals surface area contributed by atoms with Crippen LogP contribution in [-0.2, 0) is 6.54 Å². The summed E-state index contributed by atoms with van der Waals surface area (Å²) in [5, 5.41) is 0. The van der Waals surface area contributed by atoms with Crippen LogP contribution < -0.4 is 5.43 Å². The Morgan fingerprint density at radius 3 is 2.29 bits per heavy atom. The number of hydrogen-bond donors (Lipinski definition) is 0. The Labute approximate surface area is 85.0 Å². The summed E-state index contributed by atoms with van der Waals surface area (Å²) in [7, 11) is 0. The first-order chi connectivity index (χ1) is 6.76. The van der Waals surface area contributed by atoms with E-state index in [1.165, 1.54) is 0 Å². The van der Waals surface area contributed by atoms with Gasteiger partial charge < -0.3 is 9.47 Å². The lowest BCUT2D eigenvalue weighted by atomic mass is 10.4. The molecule has 0 spiro atoms. The van der Waals surface area contributed by atoms with Crippen molar-refractivity contribution in [2.45, 2.75) is 20.4 Å². The number of pyridine rings is 1. The second kappa shape index (κ2) is 5.60. The van der Waals surface area contributed by atoms with E-state index in [1.807, 2.05) is 17.0 Å². The van der Waals surface area contributed by atoms with Gasteiger partial charge in [-0.15, -0.1) is 0 Å². The van der Waals surface area contributed by atoms with Gasteiger partial charge in [-0.2, -0.15) is 0 Å². The number of likely N-dealkylation sites (N-methyl/N-ethyl adjacent to an activating group) is 1. The third kappa shape index (κ3) is 3.34. The summed E-state index contributed by atoms with van der Waals surface area (Å²) in [6.07, 6.45) is 3.68. The second-order valence-electron chi connectivity index (χ2n) is 3.30. The summed E-state index contributed by atoms with van der Waals surface area (Å²) < 4.78 is 2.04. The predicted molar refractivity (Wildman–Crippen MR) is 58.5 cm³/mol. The van der Waals surface area contributed by atoms with Gasteiger partial charge in [-0.05, 0) is 13.1 Å². The molecule has 1 rings (SSSR count). The first kappa shape index (κ1) is 11.0. The van der Waals surface area contributed by atoms with Gasteiger partial charge in [0.25, 0.3) is 0 Å². The minimum atomic E-state index is 0.0732. The van der Waals surface area contributed by atoms with Gasteiger partial charge in [0, 0.05) is 37.6 Å². The highest BCUT2D eigenvalue weighted by molar-refractivity contribution is 4.93. The van der Waals surface area contributed by atoms with Gasteiger partial charge in [0.2, 0.25) is 0 Å². The Balaban J connectivity index is 2.45. The minimum absolute atomic E-state index is 0.0732. The zero-order valence-corrected chi connectivity index (χ0v) is 8.94. The first-order valence-electron chi connectivity index (χ1n) is 5.14. The zero-order chi connectivity index (χ0) is 10.4. The Morgan fingerprint density at radius 1 is 1.21 bits per heavy atom. The van der Waals surface area contributed by atoms with Crippen molar-refractivity contribution in [3.05, 3.63) is 34.7 Å². The van der Waals surface area contributed by atoms with E-state index in [2.05, 4.69) is 18.7 Å². The molecule has 1 aromatic rings. The summed E-state index contributed by atoms with van der Waals surface area (Å²) in [6, 6.07) is 3.20. The van der Waals surface area contributed by atoms with E-state index in [9.17, 15) is 4.79 Å². The molecule has 0 aliphatic heterocycles. The van der Waals surface area contributed by atoms with Crippen molar-refractivity contribution in [1.82, 2.24) is 9.47 Å². The van der Waals surface area contributed by atoms with Gasteiger partial charge >= 0.3 is 0 Å². The fourth-order valence-corrected chi connectivity index (χ4v) is 1.39. The van der Waals surface area contributed by atoms with Gasteiger partial charge in [-0.1, -0.05) is 13.8 Å². The van der Waals surface area contributed by atoms with Crippen LogP contribution in [0.1, 0.15) is 13.8 Å². The number of rotatable bonds is 5. The van der Waals surface area contributed by atoms with E-state index in [0.717, 1.165) is 26.2 Å². The van der Waals surface area contributed by atoms with Crippen molar-refractivity contribution < 1.29 is 0 Å². The lowest BCUT2D eigenvalue weighted by molar-refractivity contribution is 0.290. The van der Waals surface area contributed by atoms with Crippen LogP contribution in [0.4, 0.5) is 0 Å². The minimum Gasteiger partial charge on any atom is -0.353 e. The van der Waals surface area contributed by atoms with Crippen molar-refractivity contribution in [3.63, 3.8) is 0 Å². The summed E-state index contributed by atoms with van der Waals surface area (Å²) in [4.78, 5) is 13.2. The molecule has 1 aromatic heterocycles. The smallest absolute Gasteiger partial charge is 0.181 e. The molecule has 78 valence electrons. The molecule has 1 heterocycles. The van der Waals surface area contributed by atoms with Crippen LogP contribution in [0, 0.1) is 0 Å². The fraction of sp³-hybridized carbons (Fsp3) is 0.545. The van der Waals surface area contributed by atoms with Crippen LogP contribution in [0.2, 0.25) is 0 Å². The molecule has 0 aliphatic carbocycles. The Morgan fingerprint density at radius 2 is 1.79 bits per heavy atom. The molecule has 0 atom stereocenters. The van der Waals surface area contributed by atoms with Gasteiger partial charge in [0.15, 0.2) is 5.43 Å². The topological polar surface area (TPSA) is 25.2 Å². The summed E-state index contributed by atoms with van der Waals surface area (Å²) in [5.74, 6) is 0. The molecule has 3 heteroatoms. The van der Waals surface area contributed by atoms with E-state index in [0.29, 0.717) is 0 Å². The largest absolute Gasteiger partial charge is 0.353 e. The van der Waals surface area contributed by atoms with Crippen LogP contribution in [0.15, 0.2) is 29.3 Å². The number of hydrogen-bond acceptors (Lipinski definition) is 2. The molecule has 0 N–H and O–H groups in total. The van der Waals surface area contributed by atoms with Crippen molar-refractivity contribution in [1.29, 1.82) is 0 Å². The molecule has 0 radical (unpaired) electrons. The van der Waals surface area contributed by atoms with E-state index < -0.39 is 0 Å². The van der Waals surface area contributed by atoms with Crippen LogP contribution in [0.3, 0.4) is 0 Å². The van der Waals surface area contributed by atoms with Gasteiger partial charge in [-0.25, -0.2) is 0 Å². The summed E-state index contributed by atoms with van der Waals surface area (Å²) in [6.45, 7) is 8.47. The average Bonchev–Trinajstić information content (AvgIpc) is 2.22. The maximum Gasteiger partial charge on any atom is 0.181 e. The molecular weight excluding hydrogens is 176 g/mol. The second-order valence-corrected chi connectivity index (χ2v) is 3.30. The van der Waals surface area contributed by atoms with Crippen LogP contribution in [0.5, 0.6) is 0 Å². The molecule has 0 unspecified atom stereocenters. The Kier molecular flexibility index (Phi) is 4.40. The average molecular weight is 194 g/mol. The maximum absolute atomic E-state index is 10.8. The van der Waals surface area contributed by atoms with E-state index in [4.69, 9.17) is 0 Å². The summed E-state index contributed by atoms with van der Waals surface area (Å²) in [5.41, 5.74) is 0.0732. The normalized spacial score (nSPS) is 10.8. The van der Waals surface area contributed by atoms with Gasteiger partial charge in [0.05, 0.1) is 0 Å². The van der Waals surface area contributed by atoms with Gasteiger partial charge in [0.1, 0.15) is 0 Å². The van der Waals surface area contributed by atoms with Gasteiger partial charge in [-0.3, -0.25) is 4.79 Å². The Bertz CT molecular complexity index is 295. The predicted octanol–water partition coefficient (Wildman–Crippen LogP) is 1.19. The van der Waals surface area contributed by atoms with Crippen LogP contribution in [0.25, 0.3) is 0 Å². The molecule has 0 fully saturated rings. The molecule has 14 heavy (non-hydrogen) atoms.